The van der Waals surface area contributed by atoms with Crippen LogP contribution in [0.2, 0.25) is 0 Å². The molecule has 0 unspecified atom stereocenters. The molecule has 0 spiro atoms. The minimum absolute atomic E-state index is 0.106. The van der Waals surface area contributed by atoms with Crippen LogP contribution in [0.15, 0.2) is 24.3 Å². The smallest absolute Gasteiger partial charge is 0.263 e. The third-order valence-electron chi connectivity index (χ3n) is 6.47. The Kier molecular flexibility index (Phi) is 6.89. The van der Waals surface area contributed by atoms with Crippen molar-refractivity contribution in [2.75, 3.05) is 39.0 Å². The summed E-state index contributed by atoms with van der Waals surface area (Å²) in [5.74, 6) is 1.58. The van der Waals surface area contributed by atoms with Crippen molar-refractivity contribution in [3.8, 4) is 5.75 Å². The van der Waals surface area contributed by atoms with Crippen LogP contribution in [0.1, 0.15) is 49.2 Å². The van der Waals surface area contributed by atoms with Crippen LogP contribution in [0.4, 0.5) is 10.2 Å². The minimum Gasteiger partial charge on any atom is -0.478 e. The number of carbonyl (C=O) groups is 1. The molecule has 0 aliphatic carbocycles. The molecule has 3 heterocycles. The topological polar surface area (TPSA) is 70.6 Å². The quantitative estimate of drug-likeness (QED) is 0.742. The molecule has 4 rings (SSSR count). The first-order chi connectivity index (χ1) is 15.5. The number of likely N-dealkylation sites (tertiary alicyclic amines) is 1. The lowest BCUT2D eigenvalue weighted by Gasteiger charge is -2.33. The van der Waals surface area contributed by atoms with Crippen LogP contribution in [-0.4, -0.2) is 65.5 Å². The number of anilines is 1. The van der Waals surface area contributed by atoms with Gasteiger partial charge in [0.15, 0.2) is 17.7 Å². The molecule has 1 N–H and O–H groups in total. The molecule has 32 heavy (non-hydrogen) atoms. The number of para-hydroxylation sites is 1. The van der Waals surface area contributed by atoms with Gasteiger partial charge >= 0.3 is 0 Å². The van der Waals surface area contributed by atoms with Gasteiger partial charge in [0.1, 0.15) is 11.6 Å². The summed E-state index contributed by atoms with van der Waals surface area (Å²) in [6.45, 7) is 4.93. The van der Waals surface area contributed by atoms with Gasteiger partial charge in [0, 0.05) is 25.1 Å². The Balaban J connectivity index is 1.53. The maximum atomic E-state index is 14.0. The molecule has 1 fully saturated rings. The Labute approximate surface area is 189 Å². The summed E-state index contributed by atoms with van der Waals surface area (Å²) >= 11 is 0. The predicted molar refractivity (Wildman–Crippen MR) is 121 cm³/mol. The number of ether oxygens (including phenoxy) is 1. The van der Waals surface area contributed by atoms with Crippen molar-refractivity contribution in [3.63, 3.8) is 0 Å². The number of nitrogens with zero attached hydrogens (tertiary/aromatic N) is 4. The van der Waals surface area contributed by atoms with Crippen molar-refractivity contribution in [1.82, 2.24) is 19.8 Å². The fourth-order valence-electron chi connectivity index (χ4n) is 4.50. The number of halogens is 1. The van der Waals surface area contributed by atoms with Gasteiger partial charge in [-0.2, -0.15) is 0 Å². The molecule has 2 aliphatic rings. The number of rotatable bonds is 6. The molecule has 172 valence electrons. The van der Waals surface area contributed by atoms with Crippen LogP contribution in [0.5, 0.6) is 5.75 Å². The van der Waals surface area contributed by atoms with Crippen molar-refractivity contribution in [2.24, 2.45) is 0 Å². The fraction of sp³-hybridized carbons (Fsp3) is 0.542. The third-order valence-corrected chi connectivity index (χ3v) is 6.47. The van der Waals surface area contributed by atoms with Gasteiger partial charge in [0.25, 0.3) is 5.91 Å². The van der Waals surface area contributed by atoms with E-state index in [-0.39, 0.29) is 11.7 Å². The van der Waals surface area contributed by atoms with E-state index in [0.29, 0.717) is 31.8 Å². The van der Waals surface area contributed by atoms with E-state index in [2.05, 4.69) is 17.3 Å². The largest absolute Gasteiger partial charge is 0.478 e. The lowest BCUT2D eigenvalue weighted by molar-refractivity contribution is -0.140. The highest BCUT2D eigenvalue weighted by atomic mass is 19.1. The van der Waals surface area contributed by atoms with Crippen LogP contribution in [0.25, 0.3) is 0 Å². The fourth-order valence-corrected chi connectivity index (χ4v) is 4.50. The van der Waals surface area contributed by atoms with Gasteiger partial charge in [-0.05, 0) is 58.0 Å². The highest BCUT2D eigenvalue weighted by Crippen LogP contribution is 2.30. The molecular formula is C24H32FN5O2. The maximum Gasteiger partial charge on any atom is 0.263 e. The number of amides is 1. The van der Waals surface area contributed by atoms with E-state index in [0.717, 1.165) is 48.8 Å². The normalized spacial score (nSPS) is 18.2. The number of benzene rings is 1. The molecule has 7 nitrogen and oxygen atoms in total. The molecular weight excluding hydrogens is 409 g/mol. The standard InChI is InChI=1S/C24H32FN5O2/c1-4-20(32-21-8-6-5-7-18(21)25)24(31)30-14-11-17-19(15-30)27-22(28-23(17)26-2)16-9-12-29(3)13-10-16/h5-8,16,20H,4,9-15H2,1-3H3,(H,26,27,28)/t20-/m1/s1. The Morgan fingerprint density at radius 2 is 2.00 bits per heavy atom. The van der Waals surface area contributed by atoms with Crippen molar-refractivity contribution in [3.05, 3.63) is 47.2 Å². The van der Waals surface area contributed by atoms with E-state index >= 15 is 0 Å². The van der Waals surface area contributed by atoms with Crippen molar-refractivity contribution in [1.29, 1.82) is 0 Å². The van der Waals surface area contributed by atoms with E-state index in [1.54, 1.807) is 23.1 Å². The lowest BCUT2D eigenvalue weighted by atomic mass is 9.95. The molecule has 0 bridgehead atoms. The number of piperidine rings is 1. The third kappa shape index (κ3) is 4.70. The van der Waals surface area contributed by atoms with Crippen LogP contribution in [-0.2, 0) is 17.8 Å². The van der Waals surface area contributed by atoms with Gasteiger partial charge < -0.3 is 19.9 Å². The van der Waals surface area contributed by atoms with Crippen molar-refractivity contribution < 1.29 is 13.9 Å². The summed E-state index contributed by atoms with van der Waals surface area (Å²) in [5.41, 5.74) is 1.98. The van der Waals surface area contributed by atoms with Gasteiger partial charge in [0.2, 0.25) is 0 Å². The average Bonchev–Trinajstić information content (AvgIpc) is 2.82. The molecule has 1 saturated heterocycles. The summed E-state index contributed by atoms with van der Waals surface area (Å²) in [7, 11) is 4.02. The van der Waals surface area contributed by atoms with Crippen molar-refractivity contribution >= 4 is 11.7 Å². The second-order valence-corrected chi connectivity index (χ2v) is 8.64. The number of carbonyl (C=O) groups excluding carboxylic acids is 1. The highest BCUT2D eigenvalue weighted by molar-refractivity contribution is 5.81. The first-order valence-corrected chi connectivity index (χ1v) is 11.5. The summed E-state index contributed by atoms with van der Waals surface area (Å²) in [6.07, 6.45) is 2.49. The molecule has 1 atom stereocenters. The number of nitrogens with one attached hydrogen (secondary N) is 1. The van der Waals surface area contributed by atoms with Gasteiger partial charge in [-0.3, -0.25) is 4.79 Å². The molecule has 2 aromatic rings. The SMILES string of the molecule is CC[C@@H](Oc1ccccc1F)C(=O)N1CCc2c(nc(C3CCN(C)CC3)nc2NC)C1. The zero-order valence-electron chi connectivity index (χ0n) is 19.1. The van der Waals surface area contributed by atoms with Gasteiger partial charge in [0.05, 0.1) is 12.2 Å². The summed E-state index contributed by atoms with van der Waals surface area (Å²) < 4.78 is 19.8. The first kappa shape index (κ1) is 22.5. The Hall–Kier alpha value is -2.74. The van der Waals surface area contributed by atoms with Crippen LogP contribution in [0, 0.1) is 5.82 Å². The molecule has 0 saturated carbocycles. The van der Waals surface area contributed by atoms with Gasteiger partial charge in [-0.25, -0.2) is 14.4 Å². The summed E-state index contributed by atoms with van der Waals surface area (Å²) in [5, 5.41) is 3.23. The molecule has 0 radical (unpaired) electrons. The molecule has 2 aliphatic heterocycles. The highest BCUT2D eigenvalue weighted by Gasteiger charge is 2.31. The van der Waals surface area contributed by atoms with Crippen molar-refractivity contribution in [2.45, 2.75) is 51.2 Å². The Bertz CT molecular complexity index is 961. The monoisotopic (exact) mass is 441 g/mol. The first-order valence-electron chi connectivity index (χ1n) is 11.5. The zero-order chi connectivity index (χ0) is 22.7. The van der Waals surface area contributed by atoms with Gasteiger partial charge in [-0.15, -0.1) is 0 Å². The van der Waals surface area contributed by atoms with E-state index in [1.807, 2.05) is 14.0 Å². The molecule has 8 heteroatoms. The molecule has 1 aromatic carbocycles. The molecule has 1 amide bonds. The predicted octanol–water partition coefficient (Wildman–Crippen LogP) is 3.21. The lowest BCUT2D eigenvalue weighted by Crippen LogP contribution is -2.44. The Morgan fingerprint density at radius 1 is 1.25 bits per heavy atom. The zero-order valence-corrected chi connectivity index (χ0v) is 19.1. The van der Waals surface area contributed by atoms with E-state index < -0.39 is 11.9 Å². The van der Waals surface area contributed by atoms with Gasteiger partial charge in [-0.1, -0.05) is 19.1 Å². The maximum absolute atomic E-state index is 14.0. The molecule has 1 aromatic heterocycles. The van der Waals surface area contributed by atoms with Crippen LogP contribution in [0.3, 0.4) is 0 Å². The van der Waals surface area contributed by atoms with Crippen LogP contribution >= 0.6 is 0 Å². The number of hydrogen-bond acceptors (Lipinski definition) is 6. The summed E-state index contributed by atoms with van der Waals surface area (Å²) in [4.78, 5) is 27.1. The van der Waals surface area contributed by atoms with E-state index in [1.165, 1.54) is 6.07 Å². The summed E-state index contributed by atoms with van der Waals surface area (Å²) in [6, 6.07) is 6.20. The minimum atomic E-state index is -0.729. The number of aromatic nitrogens is 2. The van der Waals surface area contributed by atoms with Crippen LogP contribution < -0.4 is 10.1 Å². The van der Waals surface area contributed by atoms with E-state index in [9.17, 15) is 9.18 Å². The Morgan fingerprint density at radius 3 is 2.69 bits per heavy atom. The average molecular weight is 442 g/mol. The van der Waals surface area contributed by atoms with E-state index in [4.69, 9.17) is 14.7 Å². The second-order valence-electron chi connectivity index (χ2n) is 8.64. The number of hydrogen-bond donors (Lipinski definition) is 1. The number of fused-ring (bicyclic) bond motifs is 1. The second kappa shape index (κ2) is 9.81.